The van der Waals surface area contributed by atoms with E-state index in [9.17, 15) is 4.79 Å². The Labute approximate surface area is 106 Å². The lowest BCUT2D eigenvalue weighted by atomic mass is 10.1. The van der Waals surface area contributed by atoms with Crippen molar-refractivity contribution in [3.05, 3.63) is 22.9 Å². The number of nitrogens with one attached hydrogen (secondary N) is 1. The maximum Gasteiger partial charge on any atom is 0.217 e. The van der Waals surface area contributed by atoms with Gasteiger partial charge in [0.1, 0.15) is 11.9 Å². The SMILES string of the molecule is N#Cc1cc2c(nc1NCCCC(N)=O)CCC2. The van der Waals surface area contributed by atoms with Gasteiger partial charge in [-0.3, -0.25) is 4.79 Å². The predicted molar refractivity (Wildman–Crippen MR) is 67.9 cm³/mol. The first-order valence-corrected chi connectivity index (χ1v) is 6.16. The number of carbonyl (C=O) groups is 1. The molecule has 0 saturated heterocycles. The summed E-state index contributed by atoms with van der Waals surface area (Å²) in [6, 6.07) is 4.08. The molecule has 1 aromatic heterocycles. The van der Waals surface area contributed by atoms with Crippen molar-refractivity contribution in [1.82, 2.24) is 4.98 Å². The summed E-state index contributed by atoms with van der Waals surface area (Å²) >= 11 is 0. The number of anilines is 1. The van der Waals surface area contributed by atoms with Crippen LogP contribution in [-0.2, 0) is 17.6 Å². The van der Waals surface area contributed by atoms with E-state index < -0.39 is 0 Å². The minimum atomic E-state index is -0.306. The predicted octanol–water partition coefficient (Wildman–Crippen LogP) is 1.12. The summed E-state index contributed by atoms with van der Waals surface area (Å²) in [5.74, 6) is 0.321. The fraction of sp³-hybridized carbons (Fsp3) is 0.462. The molecule has 2 rings (SSSR count). The molecule has 1 aliphatic rings. The number of aryl methyl sites for hydroxylation is 2. The van der Waals surface area contributed by atoms with Crippen molar-refractivity contribution < 1.29 is 4.79 Å². The average molecular weight is 244 g/mol. The van der Waals surface area contributed by atoms with E-state index in [1.807, 2.05) is 6.07 Å². The fourth-order valence-corrected chi connectivity index (χ4v) is 2.16. The Morgan fingerprint density at radius 1 is 1.56 bits per heavy atom. The number of amides is 1. The molecule has 3 N–H and O–H groups in total. The lowest BCUT2D eigenvalue weighted by molar-refractivity contribution is -0.118. The van der Waals surface area contributed by atoms with Gasteiger partial charge in [0.15, 0.2) is 0 Å². The number of fused-ring (bicyclic) bond motifs is 1. The summed E-state index contributed by atoms with van der Waals surface area (Å²) < 4.78 is 0. The van der Waals surface area contributed by atoms with Crippen LogP contribution in [0.3, 0.4) is 0 Å². The van der Waals surface area contributed by atoms with Gasteiger partial charge in [0.05, 0.1) is 5.56 Å². The number of hydrogen-bond donors (Lipinski definition) is 2. The normalized spacial score (nSPS) is 12.8. The Bertz CT molecular complexity index is 504. The maximum absolute atomic E-state index is 10.6. The van der Waals surface area contributed by atoms with Crippen LogP contribution in [0.5, 0.6) is 0 Å². The summed E-state index contributed by atoms with van der Waals surface area (Å²) in [6.45, 7) is 0.601. The maximum atomic E-state index is 10.6. The van der Waals surface area contributed by atoms with Crippen LogP contribution in [0.1, 0.15) is 36.1 Å². The largest absolute Gasteiger partial charge is 0.370 e. The van der Waals surface area contributed by atoms with Crippen molar-refractivity contribution in [1.29, 1.82) is 5.26 Å². The van der Waals surface area contributed by atoms with E-state index >= 15 is 0 Å². The molecule has 1 aliphatic carbocycles. The van der Waals surface area contributed by atoms with E-state index in [0.29, 0.717) is 30.8 Å². The van der Waals surface area contributed by atoms with Crippen LogP contribution in [0, 0.1) is 11.3 Å². The minimum Gasteiger partial charge on any atom is -0.370 e. The summed E-state index contributed by atoms with van der Waals surface area (Å²) in [4.78, 5) is 15.1. The first-order chi connectivity index (χ1) is 8.70. The average Bonchev–Trinajstić information content (AvgIpc) is 2.80. The quantitative estimate of drug-likeness (QED) is 0.759. The van der Waals surface area contributed by atoms with Gasteiger partial charge in [-0.1, -0.05) is 0 Å². The van der Waals surface area contributed by atoms with Crippen LogP contribution in [0.2, 0.25) is 0 Å². The fourth-order valence-electron chi connectivity index (χ4n) is 2.16. The van der Waals surface area contributed by atoms with E-state index in [0.717, 1.165) is 25.0 Å². The molecule has 5 heteroatoms. The van der Waals surface area contributed by atoms with Gasteiger partial charge in [-0.25, -0.2) is 4.98 Å². The topological polar surface area (TPSA) is 91.8 Å². The molecule has 1 amide bonds. The molecule has 0 saturated carbocycles. The van der Waals surface area contributed by atoms with E-state index in [-0.39, 0.29) is 5.91 Å². The van der Waals surface area contributed by atoms with Gasteiger partial charge in [-0.05, 0) is 37.3 Å². The minimum absolute atomic E-state index is 0.306. The molecular weight excluding hydrogens is 228 g/mol. The number of hydrogen-bond acceptors (Lipinski definition) is 4. The number of primary amides is 1. The second-order valence-electron chi connectivity index (χ2n) is 4.45. The first kappa shape index (κ1) is 12.4. The van der Waals surface area contributed by atoms with Crippen LogP contribution < -0.4 is 11.1 Å². The molecule has 94 valence electrons. The Kier molecular flexibility index (Phi) is 3.78. The number of nitrogens with two attached hydrogens (primary N) is 1. The van der Waals surface area contributed by atoms with E-state index in [1.54, 1.807) is 0 Å². The Morgan fingerprint density at radius 2 is 2.39 bits per heavy atom. The zero-order valence-electron chi connectivity index (χ0n) is 10.2. The van der Waals surface area contributed by atoms with Crippen LogP contribution in [0.4, 0.5) is 5.82 Å². The highest BCUT2D eigenvalue weighted by molar-refractivity contribution is 5.73. The second kappa shape index (κ2) is 5.50. The van der Waals surface area contributed by atoms with Gasteiger partial charge in [-0.2, -0.15) is 5.26 Å². The van der Waals surface area contributed by atoms with Crippen LogP contribution >= 0.6 is 0 Å². The molecule has 5 nitrogen and oxygen atoms in total. The Morgan fingerprint density at radius 3 is 3.11 bits per heavy atom. The van der Waals surface area contributed by atoms with Gasteiger partial charge < -0.3 is 11.1 Å². The molecule has 1 aromatic rings. The number of rotatable bonds is 5. The van der Waals surface area contributed by atoms with Crippen molar-refractivity contribution in [2.75, 3.05) is 11.9 Å². The van der Waals surface area contributed by atoms with Crippen molar-refractivity contribution in [2.24, 2.45) is 5.73 Å². The van der Waals surface area contributed by atoms with Crippen molar-refractivity contribution in [3.8, 4) is 6.07 Å². The first-order valence-electron chi connectivity index (χ1n) is 6.16. The van der Waals surface area contributed by atoms with Gasteiger partial charge in [-0.15, -0.1) is 0 Å². The lowest BCUT2D eigenvalue weighted by Crippen LogP contribution is -2.13. The highest BCUT2D eigenvalue weighted by atomic mass is 16.1. The molecule has 0 spiro atoms. The van der Waals surface area contributed by atoms with Crippen LogP contribution in [-0.4, -0.2) is 17.4 Å². The third-order valence-electron chi connectivity index (χ3n) is 3.06. The molecular formula is C13H16N4O. The second-order valence-corrected chi connectivity index (χ2v) is 4.45. The third-order valence-corrected chi connectivity index (χ3v) is 3.06. The van der Waals surface area contributed by atoms with Crippen molar-refractivity contribution >= 4 is 11.7 Å². The molecule has 1 heterocycles. The molecule has 0 aromatic carbocycles. The van der Waals surface area contributed by atoms with Gasteiger partial charge >= 0.3 is 0 Å². The zero-order valence-corrected chi connectivity index (χ0v) is 10.2. The smallest absolute Gasteiger partial charge is 0.217 e. The molecule has 0 radical (unpaired) electrons. The lowest BCUT2D eigenvalue weighted by Gasteiger charge is -2.09. The molecule has 0 atom stereocenters. The number of pyridine rings is 1. The third kappa shape index (κ3) is 2.77. The summed E-state index contributed by atoms with van der Waals surface area (Å²) in [5.41, 5.74) is 7.92. The van der Waals surface area contributed by atoms with E-state index in [1.165, 1.54) is 5.56 Å². The Hall–Kier alpha value is -2.09. The van der Waals surface area contributed by atoms with Crippen LogP contribution in [0.25, 0.3) is 0 Å². The number of nitrogens with zero attached hydrogens (tertiary/aromatic N) is 2. The zero-order chi connectivity index (χ0) is 13.0. The molecule has 0 aliphatic heterocycles. The molecule has 18 heavy (non-hydrogen) atoms. The van der Waals surface area contributed by atoms with Crippen molar-refractivity contribution in [3.63, 3.8) is 0 Å². The number of carbonyl (C=O) groups excluding carboxylic acids is 1. The van der Waals surface area contributed by atoms with Gasteiger partial charge in [0.25, 0.3) is 0 Å². The molecule has 0 unspecified atom stereocenters. The summed E-state index contributed by atoms with van der Waals surface area (Å²) in [7, 11) is 0. The highest BCUT2D eigenvalue weighted by Gasteiger charge is 2.16. The van der Waals surface area contributed by atoms with Gasteiger partial charge in [0, 0.05) is 18.7 Å². The van der Waals surface area contributed by atoms with E-state index in [2.05, 4.69) is 16.4 Å². The Balaban J connectivity index is 2.03. The van der Waals surface area contributed by atoms with Crippen LogP contribution in [0.15, 0.2) is 6.07 Å². The molecule has 0 bridgehead atoms. The number of nitriles is 1. The van der Waals surface area contributed by atoms with E-state index in [4.69, 9.17) is 11.0 Å². The standard InChI is InChI=1S/C13H16N4O/c14-8-10-7-9-3-1-4-11(9)17-13(10)16-6-2-5-12(15)18/h7H,1-6H2,(H2,15,18)(H,16,17). The van der Waals surface area contributed by atoms with Crippen molar-refractivity contribution in [2.45, 2.75) is 32.1 Å². The summed E-state index contributed by atoms with van der Waals surface area (Å²) in [6.07, 6.45) is 4.10. The number of aromatic nitrogens is 1. The highest BCUT2D eigenvalue weighted by Crippen LogP contribution is 2.24. The summed E-state index contributed by atoms with van der Waals surface area (Å²) in [5, 5.41) is 12.2. The monoisotopic (exact) mass is 244 g/mol. The molecule has 0 fully saturated rings. The van der Waals surface area contributed by atoms with Gasteiger partial charge in [0.2, 0.25) is 5.91 Å².